The van der Waals surface area contributed by atoms with Crippen LogP contribution in [0.2, 0.25) is 0 Å². The average Bonchev–Trinajstić information content (AvgIpc) is 2.67. The van der Waals surface area contributed by atoms with Crippen LogP contribution in [0.1, 0.15) is 5.82 Å². The third-order valence-electron chi connectivity index (χ3n) is 2.37. The molecule has 1 aromatic carbocycles. The Morgan fingerprint density at radius 1 is 1.35 bits per heavy atom. The van der Waals surface area contributed by atoms with E-state index in [1.807, 2.05) is 30.3 Å². The molecule has 0 radical (unpaired) electrons. The van der Waals surface area contributed by atoms with Crippen molar-refractivity contribution in [2.45, 2.75) is 6.92 Å². The smallest absolute Gasteiger partial charge is 0.427 e. The molecule has 0 bridgehead atoms. The fourth-order valence-corrected chi connectivity index (χ4v) is 1.68. The summed E-state index contributed by atoms with van der Waals surface area (Å²) >= 11 is 0. The van der Waals surface area contributed by atoms with Crippen molar-refractivity contribution in [3.63, 3.8) is 0 Å². The molecule has 0 aliphatic carbocycles. The van der Waals surface area contributed by atoms with E-state index in [9.17, 15) is 10.1 Å². The van der Waals surface area contributed by atoms with Gasteiger partial charge in [0.05, 0.1) is 12.8 Å². The molecule has 0 amide bonds. The Kier molecular flexibility index (Phi) is 2.78. The Morgan fingerprint density at radius 3 is 2.53 bits per heavy atom. The van der Waals surface area contributed by atoms with Crippen LogP contribution in [0.5, 0.6) is 5.88 Å². The summed E-state index contributed by atoms with van der Waals surface area (Å²) in [6.45, 7) is 1.70. The minimum Gasteiger partial charge on any atom is -0.476 e. The van der Waals surface area contributed by atoms with E-state index in [0.29, 0.717) is 5.82 Å². The number of nitrogens with zero attached hydrogens (tertiary/aromatic N) is 3. The molecule has 1 heterocycles. The monoisotopic (exact) mass is 233 g/mol. The summed E-state index contributed by atoms with van der Waals surface area (Å²) in [5, 5.41) is 10.8. The molecule has 0 atom stereocenters. The predicted molar refractivity (Wildman–Crippen MR) is 61.5 cm³/mol. The lowest BCUT2D eigenvalue weighted by atomic mass is 10.3. The number of ether oxygens (including phenoxy) is 1. The van der Waals surface area contributed by atoms with E-state index in [-0.39, 0.29) is 11.7 Å². The number of rotatable bonds is 3. The van der Waals surface area contributed by atoms with Crippen molar-refractivity contribution in [2.75, 3.05) is 7.11 Å². The van der Waals surface area contributed by atoms with E-state index >= 15 is 0 Å². The van der Waals surface area contributed by atoms with Crippen molar-refractivity contribution >= 4 is 5.82 Å². The summed E-state index contributed by atoms with van der Waals surface area (Å²) in [4.78, 5) is 14.2. The van der Waals surface area contributed by atoms with Gasteiger partial charge in [-0.3, -0.25) is 0 Å². The van der Waals surface area contributed by atoms with E-state index in [2.05, 4.69) is 4.98 Å². The molecule has 0 saturated heterocycles. The molecule has 6 heteroatoms. The van der Waals surface area contributed by atoms with E-state index in [1.165, 1.54) is 7.11 Å². The second-order valence-electron chi connectivity index (χ2n) is 3.42. The zero-order valence-electron chi connectivity index (χ0n) is 9.45. The first-order valence-electron chi connectivity index (χ1n) is 4.98. The van der Waals surface area contributed by atoms with Crippen molar-refractivity contribution in [1.29, 1.82) is 0 Å². The van der Waals surface area contributed by atoms with Gasteiger partial charge in [-0.1, -0.05) is 18.2 Å². The molecule has 17 heavy (non-hydrogen) atoms. The number of imidazole rings is 1. The molecule has 0 aliphatic rings. The lowest BCUT2D eigenvalue weighted by Crippen LogP contribution is -2.00. The van der Waals surface area contributed by atoms with Crippen LogP contribution in [-0.4, -0.2) is 21.6 Å². The van der Waals surface area contributed by atoms with Crippen molar-refractivity contribution in [2.24, 2.45) is 0 Å². The maximum atomic E-state index is 10.8. The molecule has 2 rings (SSSR count). The van der Waals surface area contributed by atoms with E-state index in [1.54, 1.807) is 11.5 Å². The van der Waals surface area contributed by atoms with Crippen LogP contribution < -0.4 is 4.74 Å². The number of benzene rings is 1. The number of aryl methyl sites for hydroxylation is 1. The van der Waals surface area contributed by atoms with Crippen LogP contribution in [0.15, 0.2) is 30.3 Å². The third kappa shape index (κ3) is 1.84. The molecule has 2 aromatic rings. The second-order valence-corrected chi connectivity index (χ2v) is 3.42. The van der Waals surface area contributed by atoms with Gasteiger partial charge in [0.1, 0.15) is 0 Å². The van der Waals surface area contributed by atoms with Gasteiger partial charge in [-0.15, -0.1) is 0 Å². The molecule has 88 valence electrons. The minimum absolute atomic E-state index is 0.138. The van der Waals surface area contributed by atoms with Crippen molar-refractivity contribution in [1.82, 2.24) is 9.55 Å². The number of aromatic nitrogens is 2. The number of methoxy groups -OCH3 is 1. The van der Waals surface area contributed by atoms with Gasteiger partial charge < -0.3 is 14.9 Å². The maximum Gasteiger partial charge on any atom is 0.427 e. The van der Waals surface area contributed by atoms with Crippen LogP contribution in [0.4, 0.5) is 5.82 Å². The number of para-hydroxylation sites is 1. The van der Waals surface area contributed by atoms with Crippen LogP contribution in [0, 0.1) is 17.0 Å². The van der Waals surface area contributed by atoms with Crippen LogP contribution in [-0.2, 0) is 0 Å². The van der Waals surface area contributed by atoms with E-state index < -0.39 is 4.92 Å². The SMILES string of the molecule is COc1c([N+](=O)[O-])nc(C)n1-c1ccccc1. The van der Waals surface area contributed by atoms with Crippen molar-refractivity contribution in [3.05, 3.63) is 46.3 Å². The highest BCUT2D eigenvalue weighted by molar-refractivity contribution is 5.46. The summed E-state index contributed by atoms with van der Waals surface area (Å²) < 4.78 is 6.68. The molecule has 0 saturated carbocycles. The first-order valence-corrected chi connectivity index (χ1v) is 4.98. The Morgan fingerprint density at radius 2 is 2.00 bits per heavy atom. The zero-order valence-corrected chi connectivity index (χ0v) is 9.45. The van der Waals surface area contributed by atoms with Crippen LogP contribution in [0.3, 0.4) is 0 Å². The second kappa shape index (κ2) is 4.25. The van der Waals surface area contributed by atoms with Gasteiger partial charge in [0, 0.05) is 6.92 Å². The quantitative estimate of drug-likeness (QED) is 0.601. The maximum absolute atomic E-state index is 10.8. The van der Waals surface area contributed by atoms with Crippen LogP contribution >= 0.6 is 0 Å². The first-order chi connectivity index (χ1) is 8.15. The molecule has 0 spiro atoms. The summed E-state index contributed by atoms with van der Waals surface area (Å²) in [5.41, 5.74) is 0.780. The van der Waals surface area contributed by atoms with Gasteiger partial charge in [-0.2, -0.15) is 0 Å². The number of hydrogen-bond acceptors (Lipinski definition) is 4. The lowest BCUT2D eigenvalue weighted by Gasteiger charge is -2.06. The highest BCUT2D eigenvalue weighted by Gasteiger charge is 2.27. The van der Waals surface area contributed by atoms with Gasteiger partial charge in [0.25, 0.3) is 0 Å². The van der Waals surface area contributed by atoms with Gasteiger partial charge in [-0.05, 0) is 22.0 Å². The van der Waals surface area contributed by atoms with Gasteiger partial charge >= 0.3 is 11.7 Å². The van der Waals surface area contributed by atoms with Gasteiger partial charge in [0.15, 0.2) is 0 Å². The third-order valence-corrected chi connectivity index (χ3v) is 2.37. The Hall–Kier alpha value is -2.37. The zero-order chi connectivity index (χ0) is 12.4. The molecule has 0 N–H and O–H groups in total. The molecule has 0 fully saturated rings. The number of hydrogen-bond donors (Lipinski definition) is 0. The fraction of sp³-hybridized carbons (Fsp3) is 0.182. The Bertz CT molecular complexity index is 549. The molecular formula is C11H11N3O3. The molecular weight excluding hydrogens is 222 g/mol. The van der Waals surface area contributed by atoms with Gasteiger partial charge in [0.2, 0.25) is 5.82 Å². The minimum atomic E-state index is -0.550. The van der Waals surface area contributed by atoms with E-state index in [4.69, 9.17) is 4.74 Å². The topological polar surface area (TPSA) is 70.2 Å². The molecule has 0 aliphatic heterocycles. The Labute approximate surface area is 97.6 Å². The normalized spacial score (nSPS) is 10.2. The van der Waals surface area contributed by atoms with Crippen LogP contribution in [0.25, 0.3) is 5.69 Å². The molecule has 0 unspecified atom stereocenters. The largest absolute Gasteiger partial charge is 0.476 e. The lowest BCUT2D eigenvalue weighted by molar-refractivity contribution is -0.390. The summed E-state index contributed by atoms with van der Waals surface area (Å²) in [6, 6.07) is 9.23. The highest BCUT2D eigenvalue weighted by atomic mass is 16.6. The van der Waals surface area contributed by atoms with Crippen molar-refractivity contribution in [3.8, 4) is 11.6 Å². The molecule has 1 aromatic heterocycles. The number of nitro groups is 1. The fourth-order valence-electron chi connectivity index (χ4n) is 1.68. The highest BCUT2D eigenvalue weighted by Crippen LogP contribution is 2.30. The summed E-state index contributed by atoms with van der Waals surface area (Å²) in [6.07, 6.45) is 0. The van der Waals surface area contributed by atoms with E-state index in [0.717, 1.165) is 5.69 Å². The van der Waals surface area contributed by atoms with Gasteiger partial charge in [-0.25, -0.2) is 4.57 Å². The molecule has 6 nitrogen and oxygen atoms in total. The standard InChI is InChI=1S/C11H11N3O3/c1-8-12-10(14(15)16)11(17-2)13(8)9-6-4-3-5-7-9/h3-7H,1-2H3. The Balaban J connectivity index is 2.66. The average molecular weight is 233 g/mol. The summed E-state index contributed by atoms with van der Waals surface area (Å²) in [5.74, 6) is 0.382. The summed E-state index contributed by atoms with van der Waals surface area (Å²) in [7, 11) is 1.39. The van der Waals surface area contributed by atoms with Crippen molar-refractivity contribution < 1.29 is 9.66 Å². The predicted octanol–water partition coefficient (Wildman–Crippen LogP) is 2.10. The first kappa shape index (κ1) is 11.1.